The van der Waals surface area contributed by atoms with E-state index in [1.165, 1.54) is 12.1 Å². The van der Waals surface area contributed by atoms with Crippen molar-refractivity contribution in [1.82, 2.24) is 0 Å². The molecule has 0 aliphatic heterocycles. The number of halogens is 3. The van der Waals surface area contributed by atoms with E-state index in [4.69, 9.17) is 0 Å². The van der Waals surface area contributed by atoms with Crippen LogP contribution in [0.4, 0.5) is 29.3 Å². The number of Topliss-reactive ketones (excluding diaryl/α,β-unsaturated/α-hetero) is 1. The van der Waals surface area contributed by atoms with Crippen molar-refractivity contribution in [2.75, 3.05) is 10.6 Å². The molecular weight excluding hydrogens is 417 g/mol. The van der Waals surface area contributed by atoms with Gasteiger partial charge in [-0.2, -0.15) is 13.2 Å². The molecule has 0 saturated heterocycles. The van der Waals surface area contributed by atoms with Gasteiger partial charge in [0, 0.05) is 22.9 Å². The number of anilines is 2. The lowest BCUT2D eigenvalue weighted by Gasteiger charge is -2.11. The fourth-order valence-electron chi connectivity index (χ4n) is 3.90. The van der Waals surface area contributed by atoms with Crippen molar-refractivity contribution in [3.8, 4) is 11.1 Å². The van der Waals surface area contributed by atoms with Crippen LogP contribution in [0, 0.1) is 5.92 Å². The molecule has 1 aliphatic rings. The highest BCUT2D eigenvalue weighted by atomic mass is 19.4. The minimum Gasteiger partial charge on any atom is -0.308 e. The van der Waals surface area contributed by atoms with Crippen LogP contribution in [0.2, 0.25) is 0 Å². The van der Waals surface area contributed by atoms with Gasteiger partial charge in [-0.25, -0.2) is 4.79 Å². The first-order valence-corrected chi connectivity index (χ1v) is 10.3. The summed E-state index contributed by atoms with van der Waals surface area (Å²) in [6.45, 7) is 2.02. The number of hydrogen-bond donors (Lipinski definition) is 2. The van der Waals surface area contributed by atoms with Crippen molar-refractivity contribution in [2.45, 2.75) is 25.9 Å². The lowest BCUT2D eigenvalue weighted by Crippen LogP contribution is -2.19. The van der Waals surface area contributed by atoms with E-state index < -0.39 is 17.8 Å². The number of amides is 2. The fraction of sp³-hybridized carbons (Fsp3) is 0.200. The molecule has 1 atom stereocenters. The second-order valence-electron chi connectivity index (χ2n) is 7.78. The molecule has 0 saturated carbocycles. The Morgan fingerprint density at radius 1 is 0.938 bits per heavy atom. The van der Waals surface area contributed by atoms with Crippen LogP contribution in [0.1, 0.15) is 34.8 Å². The first-order valence-electron chi connectivity index (χ1n) is 10.3. The number of rotatable bonds is 4. The molecule has 3 aromatic carbocycles. The highest BCUT2D eigenvalue weighted by molar-refractivity contribution is 6.03. The van der Waals surface area contributed by atoms with Crippen molar-refractivity contribution < 1.29 is 22.8 Å². The van der Waals surface area contributed by atoms with E-state index in [1.54, 1.807) is 12.1 Å². The normalized spacial score (nSPS) is 15.4. The van der Waals surface area contributed by atoms with Gasteiger partial charge in [-0.15, -0.1) is 0 Å². The van der Waals surface area contributed by atoms with Gasteiger partial charge in [-0.1, -0.05) is 43.3 Å². The molecule has 0 fully saturated rings. The van der Waals surface area contributed by atoms with Crippen LogP contribution in [0.5, 0.6) is 0 Å². The third kappa shape index (κ3) is 4.51. The molecule has 3 aromatic rings. The number of urea groups is 1. The molecule has 0 aromatic heterocycles. The lowest BCUT2D eigenvalue weighted by molar-refractivity contribution is -0.137. The molecule has 0 bridgehead atoms. The van der Waals surface area contributed by atoms with E-state index >= 15 is 0 Å². The van der Waals surface area contributed by atoms with Gasteiger partial charge in [0.05, 0.1) is 5.56 Å². The highest BCUT2D eigenvalue weighted by Crippen LogP contribution is 2.33. The average Bonchev–Trinajstić information content (AvgIpc) is 3.09. The molecule has 1 aliphatic carbocycles. The Labute approximate surface area is 183 Å². The van der Waals surface area contributed by atoms with Gasteiger partial charge in [0.25, 0.3) is 0 Å². The molecule has 0 spiro atoms. The molecule has 164 valence electrons. The van der Waals surface area contributed by atoms with Crippen molar-refractivity contribution in [3.63, 3.8) is 0 Å². The monoisotopic (exact) mass is 438 g/mol. The maximum absolute atomic E-state index is 12.8. The van der Waals surface area contributed by atoms with Crippen LogP contribution in [-0.4, -0.2) is 11.8 Å². The molecule has 1 unspecified atom stereocenters. The van der Waals surface area contributed by atoms with Crippen molar-refractivity contribution in [2.24, 2.45) is 5.92 Å². The predicted molar refractivity (Wildman–Crippen MR) is 118 cm³/mol. The maximum Gasteiger partial charge on any atom is 0.416 e. The van der Waals surface area contributed by atoms with Crippen molar-refractivity contribution in [1.29, 1.82) is 0 Å². The second kappa shape index (κ2) is 8.49. The van der Waals surface area contributed by atoms with Gasteiger partial charge >= 0.3 is 12.2 Å². The first-order chi connectivity index (χ1) is 15.2. The number of nitrogens with one attached hydrogen (secondary N) is 2. The van der Waals surface area contributed by atoms with Crippen molar-refractivity contribution in [3.05, 3.63) is 83.4 Å². The highest BCUT2D eigenvalue weighted by Gasteiger charge is 2.30. The summed E-state index contributed by atoms with van der Waals surface area (Å²) in [6, 6.07) is 16.7. The summed E-state index contributed by atoms with van der Waals surface area (Å²) in [5.74, 6) is 0.266. The topological polar surface area (TPSA) is 58.2 Å². The molecule has 4 nitrogen and oxygen atoms in total. The summed E-state index contributed by atoms with van der Waals surface area (Å²) >= 11 is 0. The van der Waals surface area contributed by atoms with E-state index in [0.717, 1.165) is 47.2 Å². The summed E-state index contributed by atoms with van der Waals surface area (Å²) in [5.41, 5.74) is 3.48. The maximum atomic E-state index is 12.8. The summed E-state index contributed by atoms with van der Waals surface area (Å²) in [6.07, 6.45) is -2.90. The molecule has 4 rings (SSSR count). The fourth-order valence-corrected chi connectivity index (χ4v) is 3.90. The van der Waals surface area contributed by atoms with Gasteiger partial charge in [0.15, 0.2) is 5.78 Å². The first kappa shape index (κ1) is 21.6. The number of carbonyl (C=O) groups excluding carboxylic acids is 2. The zero-order valence-electron chi connectivity index (χ0n) is 17.3. The Bertz CT molecular complexity index is 1170. The summed E-state index contributed by atoms with van der Waals surface area (Å²) in [5, 5.41) is 5.02. The Kier molecular flexibility index (Phi) is 5.74. The number of fused-ring (bicyclic) bond motifs is 1. The Morgan fingerprint density at radius 3 is 2.31 bits per heavy atom. The minimum atomic E-state index is -4.48. The third-order valence-corrected chi connectivity index (χ3v) is 5.62. The molecule has 7 heteroatoms. The summed E-state index contributed by atoms with van der Waals surface area (Å²) in [4.78, 5) is 24.5. The van der Waals surface area contributed by atoms with Crippen LogP contribution in [0.15, 0.2) is 66.7 Å². The van der Waals surface area contributed by atoms with Gasteiger partial charge in [0.1, 0.15) is 0 Å². The van der Waals surface area contributed by atoms with Crippen molar-refractivity contribution >= 4 is 23.2 Å². The standard InChI is InChI=1S/C25H21F3N2O2/c1-2-15-12-18-13-17(8-11-22(18)23(15)31)16-6-9-20(10-7-16)29-24(32)30-21-5-3-4-19(14-21)25(26,27)28/h3-11,13-15H,2,12H2,1H3,(H2,29,30,32). The van der Waals surface area contributed by atoms with E-state index in [9.17, 15) is 22.8 Å². The minimum absolute atomic E-state index is 0.0482. The molecule has 2 N–H and O–H groups in total. The largest absolute Gasteiger partial charge is 0.416 e. The number of alkyl halides is 3. The molecular formula is C25H21F3N2O2. The van der Waals surface area contributed by atoms with Gasteiger partial charge in [0.2, 0.25) is 0 Å². The van der Waals surface area contributed by atoms with E-state index in [0.29, 0.717) is 5.69 Å². The Morgan fingerprint density at radius 2 is 1.62 bits per heavy atom. The third-order valence-electron chi connectivity index (χ3n) is 5.62. The van der Waals surface area contributed by atoms with E-state index in [1.807, 2.05) is 37.3 Å². The zero-order chi connectivity index (χ0) is 22.9. The quantitative estimate of drug-likeness (QED) is 0.472. The second-order valence-corrected chi connectivity index (χ2v) is 7.78. The smallest absolute Gasteiger partial charge is 0.308 e. The van der Waals surface area contributed by atoms with Crippen LogP contribution < -0.4 is 10.6 Å². The zero-order valence-corrected chi connectivity index (χ0v) is 17.3. The van der Waals surface area contributed by atoms with Crippen LogP contribution >= 0.6 is 0 Å². The van der Waals surface area contributed by atoms with Gasteiger partial charge < -0.3 is 10.6 Å². The number of ketones is 1. The number of benzene rings is 3. The van der Waals surface area contributed by atoms with E-state index in [-0.39, 0.29) is 17.4 Å². The number of hydrogen-bond acceptors (Lipinski definition) is 2. The van der Waals surface area contributed by atoms with Crippen LogP contribution in [0.3, 0.4) is 0 Å². The molecule has 0 heterocycles. The summed E-state index contributed by atoms with van der Waals surface area (Å²) in [7, 11) is 0. The molecule has 32 heavy (non-hydrogen) atoms. The van der Waals surface area contributed by atoms with E-state index in [2.05, 4.69) is 10.6 Å². The Hall–Kier alpha value is -3.61. The lowest BCUT2D eigenvalue weighted by atomic mass is 10.0. The van der Waals surface area contributed by atoms with Gasteiger partial charge in [-0.3, -0.25) is 4.79 Å². The number of carbonyl (C=O) groups is 2. The van der Waals surface area contributed by atoms with Gasteiger partial charge in [-0.05, 0) is 59.9 Å². The Balaban J connectivity index is 1.43. The SMILES string of the molecule is CCC1Cc2cc(-c3ccc(NC(=O)Nc4cccc(C(F)(F)F)c4)cc3)ccc2C1=O. The predicted octanol–water partition coefficient (Wildman–Crippen LogP) is 6.78. The summed E-state index contributed by atoms with van der Waals surface area (Å²) < 4.78 is 38.4. The van der Waals surface area contributed by atoms with Crippen LogP contribution in [-0.2, 0) is 12.6 Å². The molecule has 2 amide bonds. The average molecular weight is 438 g/mol. The van der Waals surface area contributed by atoms with Crippen LogP contribution in [0.25, 0.3) is 11.1 Å². The molecule has 0 radical (unpaired) electrons.